The van der Waals surface area contributed by atoms with Crippen LogP contribution in [0.15, 0.2) is 12.1 Å². The number of hydrogen-bond acceptors (Lipinski definition) is 5. The van der Waals surface area contributed by atoms with E-state index in [-0.39, 0.29) is 17.9 Å². The fourth-order valence-corrected chi connectivity index (χ4v) is 4.23. The lowest BCUT2D eigenvalue weighted by molar-refractivity contribution is -0.134. The molecule has 0 radical (unpaired) electrons. The Labute approximate surface area is 184 Å². The number of methoxy groups -OCH3 is 1. The van der Waals surface area contributed by atoms with Crippen molar-refractivity contribution < 1.29 is 14.3 Å². The molecule has 2 aliphatic heterocycles. The second kappa shape index (κ2) is 10.5. The highest BCUT2D eigenvalue weighted by Crippen LogP contribution is 2.31. The molecule has 0 unspecified atom stereocenters. The number of benzene rings is 1. The Kier molecular flexibility index (Phi) is 7.97. The van der Waals surface area contributed by atoms with Crippen molar-refractivity contribution in [3.05, 3.63) is 22.7 Å². The largest absolute Gasteiger partial charge is 0.495 e. The third kappa shape index (κ3) is 5.65. The SMILES string of the molecule is COc1cc(Cl)c(C)cc1NC(=O)[C@H](C)N1CCN(CC(=O)N2CCCCC2)CC1. The van der Waals surface area contributed by atoms with E-state index in [1.165, 1.54) is 6.42 Å². The molecule has 166 valence electrons. The fourth-order valence-electron chi connectivity index (χ4n) is 4.08. The first kappa shape index (κ1) is 22.8. The van der Waals surface area contributed by atoms with Crippen LogP contribution in [-0.2, 0) is 9.59 Å². The molecular weight excluding hydrogens is 404 g/mol. The van der Waals surface area contributed by atoms with Gasteiger partial charge in [0.1, 0.15) is 5.75 Å². The standard InChI is InChI=1S/C22H33ClN4O3/c1-16-13-19(20(30-3)14-18(16)23)24-22(29)17(2)26-11-9-25(10-12-26)15-21(28)27-7-5-4-6-8-27/h13-14,17H,4-12,15H2,1-3H3,(H,24,29)/t17-/m0/s1. The number of nitrogens with one attached hydrogen (secondary N) is 1. The number of piperazine rings is 1. The molecule has 0 spiro atoms. The van der Waals surface area contributed by atoms with E-state index >= 15 is 0 Å². The van der Waals surface area contributed by atoms with E-state index in [9.17, 15) is 9.59 Å². The van der Waals surface area contributed by atoms with Crippen LogP contribution in [0.1, 0.15) is 31.7 Å². The quantitative estimate of drug-likeness (QED) is 0.742. The van der Waals surface area contributed by atoms with Crippen LogP contribution in [0.25, 0.3) is 0 Å². The number of amides is 2. The number of aryl methyl sites for hydroxylation is 1. The Balaban J connectivity index is 1.50. The van der Waals surface area contributed by atoms with Crippen molar-refractivity contribution in [2.45, 2.75) is 39.2 Å². The van der Waals surface area contributed by atoms with Gasteiger partial charge in [-0.1, -0.05) is 11.6 Å². The van der Waals surface area contributed by atoms with E-state index in [0.29, 0.717) is 23.0 Å². The molecular formula is C22H33ClN4O3. The van der Waals surface area contributed by atoms with Gasteiger partial charge in [-0.05, 0) is 44.7 Å². The summed E-state index contributed by atoms with van der Waals surface area (Å²) in [7, 11) is 1.56. The van der Waals surface area contributed by atoms with Crippen LogP contribution < -0.4 is 10.1 Å². The third-order valence-corrected chi connectivity index (χ3v) is 6.55. The number of carbonyl (C=O) groups excluding carboxylic acids is 2. The van der Waals surface area contributed by atoms with Gasteiger partial charge in [0.2, 0.25) is 11.8 Å². The molecule has 2 fully saturated rings. The van der Waals surface area contributed by atoms with Crippen LogP contribution in [-0.4, -0.2) is 85.5 Å². The van der Waals surface area contributed by atoms with Crippen molar-refractivity contribution in [2.24, 2.45) is 0 Å². The van der Waals surface area contributed by atoms with Gasteiger partial charge < -0.3 is 15.0 Å². The summed E-state index contributed by atoms with van der Waals surface area (Å²) in [4.78, 5) is 31.7. The lowest BCUT2D eigenvalue weighted by atomic mass is 10.1. The van der Waals surface area contributed by atoms with Crippen molar-refractivity contribution in [1.29, 1.82) is 0 Å². The second-order valence-electron chi connectivity index (χ2n) is 8.22. The smallest absolute Gasteiger partial charge is 0.241 e. The minimum Gasteiger partial charge on any atom is -0.495 e. The van der Waals surface area contributed by atoms with E-state index < -0.39 is 0 Å². The summed E-state index contributed by atoms with van der Waals surface area (Å²) in [6, 6.07) is 3.27. The predicted molar refractivity (Wildman–Crippen MR) is 119 cm³/mol. The minimum atomic E-state index is -0.273. The lowest BCUT2D eigenvalue weighted by Gasteiger charge is -2.38. The summed E-state index contributed by atoms with van der Waals surface area (Å²) < 4.78 is 5.35. The summed E-state index contributed by atoms with van der Waals surface area (Å²) in [6.07, 6.45) is 3.46. The summed E-state index contributed by atoms with van der Waals surface area (Å²) in [5.41, 5.74) is 1.51. The zero-order valence-electron chi connectivity index (χ0n) is 18.2. The maximum absolute atomic E-state index is 12.8. The molecule has 0 saturated carbocycles. The van der Waals surface area contributed by atoms with Crippen LogP contribution in [0.2, 0.25) is 5.02 Å². The van der Waals surface area contributed by atoms with E-state index in [2.05, 4.69) is 15.1 Å². The minimum absolute atomic E-state index is 0.0761. The third-order valence-electron chi connectivity index (χ3n) is 6.14. The van der Waals surface area contributed by atoms with Crippen molar-refractivity contribution >= 4 is 29.1 Å². The highest BCUT2D eigenvalue weighted by Gasteiger charge is 2.28. The average molecular weight is 437 g/mol. The normalized spacial score (nSPS) is 19.4. The number of likely N-dealkylation sites (tertiary alicyclic amines) is 1. The Morgan fingerprint density at radius 3 is 2.40 bits per heavy atom. The molecule has 1 N–H and O–H groups in total. The molecule has 8 heteroatoms. The number of rotatable bonds is 6. The van der Waals surface area contributed by atoms with Gasteiger partial charge in [0.15, 0.2) is 0 Å². The molecule has 2 amide bonds. The summed E-state index contributed by atoms with van der Waals surface area (Å²) >= 11 is 6.15. The van der Waals surface area contributed by atoms with Crippen LogP contribution >= 0.6 is 11.6 Å². The van der Waals surface area contributed by atoms with Crippen molar-refractivity contribution in [3.63, 3.8) is 0 Å². The first-order chi connectivity index (χ1) is 14.4. The summed E-state index contributed by atoms with van der Waals surface area (Å²) in [5.74, 6) is 0.708. The van der Waals surface area contributed by atoms with Crippen molar-refractivity contribution in [1.82, 2.24) is 14.7 Å². The summed E-state index contributed by atoms with van der Waals surface area (Å²) in [6.45, 7) is 9.19. The van der Waals surface area contributed by atoms with E-state index in [1.807, 2.05) is 24.8 Å². The van der Waals surface area contributed by atoms with Gasteiger partial charge in [-0.25, -0.2) is 0 Å². The Bertz CT molecular complexity index is 759. The van der Waals surface area contributed by atoms with Gasteiger partial charge >= 0.3 is 0 Å². The first-order valence-electron chi connectivity index (χ1n) is 10.8. The number of carbonyl (C=O) groups is 2. The molecule has 1 aromatic rings. The Morgan fingerprint density at radius 1 is 1.10 bits per heavy atom. The van der Waals surface area contributed by atoms with Crippen LogP contribution in [0, 0.1) is 6.92 Å². The maximum atomic E-state index is 12.8. The lowest BCUT2D eigenvalue weighted by Crippen LogP contribution is -2.54. The van der Waals surface area contributed by atoms with Crippen molar-refractivity contribution in [2.75, 3.05) is 58.2 Å². The molecule has 7 nitrogen and oxygen atoms in total. The number of ether oxygens (including phenoxy) is 1. The number of piperidine rings is 1. The molecule has 1 aromatic carbocycles. The Hall–Kier alpha value is -1.83. The first-order valence-corrected chi connectivity index (χ1v) is 11.2. The van der Waals surface area contributed by atoms with Crippen LogP contribution in [0.5, 0.6) is 5.75 Å². The molecule has 0 bridgehead atoms. The monoisotopic (exact) mass is 436 g/mol. The molecule has 0 aromatic heterocycles. The summed E-state index contributed by atoms with van der Waals surface area (Å²) in [5, 5.41) is 3.58. The molecule has 0 aliphatic carbocycles. The van der Waals surface area contributed by atoms with Gasteiger partial charge in [-0.3, -0.25) is 19.4 Å². The zero-order chi connectivity index (χ0) is 21.7. The topological polar surface area (TPSA) is 65.1 Å². The van der Waals surface area contributed by atoms with Gasteiger partial charge in [0.05, 0.1) is 25.4 Å². The fraction of sp³-hybridized carbons (Fsp3) is 0.636. The number of nitrogens with zero attached hydrogens (tertiary/aromatic N) is 3. The second-order valence-corrected chi connectivity index (χ2v) is 8.63. The molecule has 3 rings (SSSR count). The van der Waals surface area contributed by atoms with E-state index in [4.69, 9.17) is 16.3 Å². The van der Waals surface area contributed by atoms with Crippen molar-refractivity contribution in [3.8, 4) is 5.75 Å². The van der Waals surface area contributed by atoms with Gasteiger partial charge in [0.25, 0.3) is 0 Å². The van der Waals surface area contributed by atoms with Gasteiger partial charge in [0, 0.05) is 50.4 Å². The van der Waals surface area contributed by atoms with Gasteiger partial charge in [-0.2, -0.15) is 0 Å². The van der Waals surface area contributed by atoms with Crippen LogP contribution in [0.4, 0.5) is 5.69 Å². The number of hydrogen-bond donors (Lipinski definition) is 1. The number of anilines is 1. The number of halogens is 1. The molecule has 2 aliphatic rings. The zero-order valence-corrected chi connectivity index (χ0v) is 19.0. The highest BCUT2D eigenvalue weighted by atomic mass is 35.5. The molecule has 30 heavy (non-hydrogen) atoms. The Morgan fingerprint density at radius 2 is 1.77 bits per heavy atom. The van der Waals surface area contributed by atoms with Gasteiger partial charge in [-0.15, -0.1) is 0 Å². The predicted octanol–water partition coefficient (Wildman–Crippen LogP) is 2.61. The van der Waals surface area contributed by atoms with Crippen LogP contribution in [0.3, 0.4) is 0 Å². The highest BCUT2D eigenvalue weighted by molar-refractivity contribution is 6.31. The molecule has 2 heterocycles. The van der Waals surface area contributed by atoms with E-state index in [1.54, 1.807) is 13.2 Å². The molecule has 1 atom stereocenters. The maximum Gasteiger partial charge on any atom is 0.241 e. The average Bonchev–Trinajstić information content (AvgIpc) is 2.76. The molecule has 2 saturated heterocycles. The van der Waals surface area contributed by atoms with E-state index in [0.717, 1.165) is 57.7 Å².